The van der Waals surface area contributed by atoms with Gasteiger partial charge < -0.3 is 6.42 Å². The molecule has 0 heterocycles. The van der Waals surface area contributed by atoms with Gasteiger partial charge in [-0.1, -0.05) is 90.8 Å². The average Bonchev–Trinajstić information content (AvgIpc) is 3.60. The Kier molecular flexibility index (Phi) is 19.6. The van der Waals surface area contributed by atoms with Crippen LogP contribution in [0.5, 0.6) is 0 Å². The van der Waals surface area contributed by atoms with Crippen LogP contribution >= 0.6 is 24.8 Å². The Labute approximate surface area is 291 Å². The van der Waals surface area contributed by atoms with Crippen LogP contribution in [0, 0.1) is 18.6 Å². The molecule has 0 N–H and O–H groups in total. The third-order valence-corrected chi connectivity index (χ3v) is 7.25. The monoisotopic (exact) mass is 692 g/mol. The van der Waals surface area contributed by atoms with Gasteiger partial charge in [-0.15, -0.1) is 77.4 Å². The van der Waals surface area contributed by atoms with Crippen LogP contribution in [-0.2, 0) is 35.1 Å². The van der Waals surface area contributed by atoms with Crippen LogP contribution in [0.3, 0.4) is 0 Å². The third kappa shape index (κ3) is 13.9. The van der Waals surface area contributed by atoms with E-state index < -0.39 is 0 Å². The molecule has 0 bridgehead atoms. The Morgan fingerprint density at radius 2 is 1.21 bits per heavy atom. The summed E-state index contributed by atoms with van der Waals surface area (Å²) >= 11 is 1.30. The first kappa shape index (κ1) is 41.3. The number of halogens is 2. The summed E-state index contributed by atoms with van der Waals surface area (Å²) in [4.78, 5) is 0. The van der Waals surface area contributed by atoms with E-state index in [2.05, 4.69) is 139 Å². The number of hydrogen-bond acceptors (Lipinski definition) is 0. The van der Waals surface area contributed by atoms with E-state index in [0.29, 0.717) is 5.92 Å². The topological polar surface area (TPSA) is 0 Å². The second-order valence-corrected chi connectivity index (χ2v) is 13.0. The van der Waals surface area contributed by atoms with Gasteiger partial charge in [0, 0.05) is 0 Å². The van der Waals surface area contributed by atoms with Gasteiger partial charge in [0.05, 0.1) is 0 Å². The van der Waals surface area contributed by atoms with E-state index in [9.17, 15) is 0 Å². The van der Waals surface area contributed by atoms with Crippen molar-refractivity contribution >= 4 is 50.6 Å². The Morgan fingerprint density at radius 3 is 1.47 bits per heavy atom. The predicted octanol–water partition coefficient (Wildman–Crippen LogP) is 12.4. The molecular formula is C40H52Cl2Zr-4. The molecule has 1 saturated carbocycles. The normalized spacial score (nSPS) is 12.9. The molecule has 0 unspecified atom stereocenters. The maximum absolute atomic E-state index is 3.34. The van der Waals surface area contributed by atoms with Crippen molar-refractivity contribution in [2.24, 2.45) is 0 Å². The molecule has 43 heavy (non-hydrogen) atoms. The molecule has 4 aromatic rings. The predicted molar refractivity (Wildman–Crippen MR) is 195 cm³/mol. The van der Waals surface area contributed by atoms with Crippen LogP contribution in [0.15, 0.2) is 85.0 Å². The van der Waals surface area contributed by atoms with E-state index in [-0.39, 0.29) is 35.6 Å². The first-order valence-electron chi connectivity index (χ1n) is 15.0. The second-order valence-electron chi connectivity index (χ2n) is 13.0. The van der Waals surface area contributed by atoms with Gasteiger partial charge >= 0.3 is 28.4 Å². The summed E-state index contributed by atoms with van der Waals surface area (Å²) in [7, 11) is 0. The van der Waals surface area contributed by atoms with E-state index in [1.54, 1.807) is 0 Å². The SMILES string of the molecule is CC(C)(C)c1ccc2c(c1)[cH-]c1cc(C(C)(C)C)ccc12.CC(C)c1cc[c-]cc1.Cl.Cl.[C-]1=CC=CC1.[CH-]1CCC1.[CH2]=[Zr]. The number of allylic oxidation sites excluding steroid dienone is 4. The molecule has 0 spiro atoms. The van der Waals surface area contributed by atoms with Crippen molar-refractivity contribution in [3.8, 4) is 0 Å². The number of benzene rings is 3. The minimum atomic E-state index is 0. The zero-order valence-electron chi connectivity index (χ0n) is 27.6. The Balaban J connectivity index is 0.000000659. The van der Waals surface area contributed by atoms with Gasteiger partial charge in [0.2, 0.25) is 0 Å². The quantitative estimate of drug-likeness (QED) is 0.174. The van der Waals surface area contributed by atoms with E-state index >= 15 is 0 Å². The molecule has 4 aromatic carbocycles. The second kappa shape index (κ2) is 20.4. The summed E-state index contributed by atoms with van der Waals surface area (Å²) in [5, 5.41) is 5.48. The maximum atomic E-state index is 3.34. The summed E-state index contributed by atoms with van der Waals surface area (Å²) in [6.07, 6.45) is 16.5. The van der Waals surface area contributed by atoms with Crippen molar-refractivity contribution in [2.75, 3.05) is 0 Å². The summed E-state index contributed by atoms with van der Waals surface area (Å²) < 4.78 is 3.34. The van der Waals surface area contributed by atoms with Gasteiger partial charge in [-0.25, -0.2) is 12.2 Å². The van der Waals surface area contributed by atoms with E-state index in [1.165, 1.54) is 81.7 Å². The zero-order valence-corrected chi connectivity index (χ0v) is 31.7. The van der Waals surface area contributed by atoms with Gasteiger partial charge in [0.15, 0.2) is 0 Å². The summed E-state index contributed by atoms with van der Waals surface area (Å²) in [5.41, 5.74) is 4.60. The van der Waals surface area contributed by atoms with Crippen LogP contribution < -0.4 is 0 Å². The van der Waals surface area contributed by atoms with E-state index in [1.807, 2.05) is 24.3 Å². The minimum absolute atomic E-state index is 0. The van der Waals surface area contributed by atoms with Crippen LogP contribution in [0.25, 0.3) is 21.5 Å². The molecule has 0 nitrogen and oxygen atoms in total. The van der Waals surface area contributed by atoms with Crippen molar-refractivity contribution in [1.29, 1.82) is 0 Å². The van der Waals surface area contributed by atoms with Crippen molar-refractivity contribution in [1.82, 2.24) is 0 Å². The number of fused-ring (bicyclic) bond motifs is 3. The van der Waals surface area contributed by atoms with Gasteiger partial charge in [0.1, 0.15) is 0 Å². The van der Waals surface area contributed by atoms with Crippen molar-refractivity contribution in [2.45, 2.75) is 97.8 Å². The number of hydrogen-bond donors (Lipinski definition) is 0. The molecule has 2 aliphatic rings. The van der Waals surface area contributed by atoms with Gasteiger partial charge in [-0.05, 0) is 16.7 Å². The summed E-state index contributed by atoms with van der Waals surface area (Å²) in [6.45, 7) is 18.0. The molecule has 6 rings (SSSR count). The fraction of sp³-hybridized carbons (Fsp3) is 0.375. The van der Waals surface area contributed by atoms with Gasteiger partial charge in [-0.3, -0.25) is 6.08 Å². The fourth-order valence-electron chi connectivity index (χ4n) is 4.28. The summed E-state index contributed by atoms with van der Waals surface area (Å²) in [6, 6.07) is 27.3. The van der Waals surface area contributed by atoms with Crippen molar-refractivity contribution in [3.63, 3.8) is 0 Å². The van der Waals surface area contributed by atoms with Crippen LogP contribution in [0.2, 0.25) is 0 Å². The van der Waals surface area contributed by atoms with E-state index in [4.69, 9.17) is 0 Å². The molecule has 0 aromatic heterocycles. The van der Waals surface area contributed by atoms with E-state index in [0.717, 1.165) is 6.42 Å². The van der Waals surface area contributed by atoms with Crippen LogP contribution in [-0.4, -0.2) is 4.21 Å². The zero-order chi connectivity index (χ0) is 30.5. The molecular weight excluding hydrogens is 643 g/mol. The van der Waals surface area contributed by atoms with Gasteiger partial charge in [0.25, 0.3) is 0 Å². The van der Waals surface area contributed by atoms with Crippen molar-refractivity contribution in [3.05, 3.63) is 120 Å². The molecule has 2 aliphatic carbocycles. The van der Waals surface area contributed by atoms with Crippen LogP contribution in [0.1, 0.15) is 104 Å². The first-order valence-corrected chi connectivity index (χ1v) is 16.7. The third-order valence-electron chi connectivity index (χ3n) is 7.25. The Morgan fingerprint density at radius 1 is 0.767 bits per heavy atom. The Bertz CT molecular complexity index is 1290. The molecule has 0 radical (unpaired) electrons. The van der Waals surface area contributed by atoms with Crippen molar-refractivity contribution < 1.29 is 24.2 Å². The Hall–Kier alpha value is -1.66. The van der Waals surface area contributed by atoms with Crippen LogP contribution in [0.4, 0.5) is 0 Å². The fourth-order valence-corrected chi connectivity index (χ4v) is 4.28. The summed E-state index contributed by atoms with van der Waals surface area (Å²) in [5.74, 6) is 0.639. The average molecular weight is 695 g/mol. The molecule has 3 heteroatoms. The molecule has 234 valence electrons. The molecule has 0 saturated heterocycles. The molecule has 1 fully saturated rings. The number of rotatable bonds is 1. The molecule has 0 atom stereocenters. The standard InChI is InChI=1S/C21H25.C9H11.C5H5.C4H7.CH2.2ClH.Zr/c1-20(2,3)16-7-9-18-14(12-16)11-15-13-17(21(4,5)6)8-10-19(15)18;1-8(2)9-6-4-3-5-7-9;1-2-4-5-3-1;1-2-4-3-1;;;;/h7-13H,1-6H3;4-8H,1-2H3;1-3H,4H2;1H,2-4H2;1H2;2*1H;/q4*-1;;;;. The van der Waals surface area contributed by atoms with Gasteiger partial charge in [-0.2, -0.15) is 54.8 Å². The molecule has 0 aliphatic heterocycles. The molecule has 0 amide bonds. The first-order chi connectivity index (χ1) is 19.5.